The molecule has 1 N–H and O–H groups in total. The van der Waals surface area contributed by atoms with Crippen LogP contribution >= 0.6 is 0 Å². The first kappa shape index (κ1) is 31.0. The van der Waals surface area contributed by atoms with Crippen molar-refractivity contribution in [3.63, 3.8) is 0 Å². The summed E-state index contributed by atoms with van der Waals surface area (Å²) in [5.74, 6) is 6.66. The van der Waals surface area contributed by atoms with Crippen molar-refractivity contribution in [2.24, 2.45) is 0 Å². The van der Waals surface area contributed by atoms with Gasteiger partial charge in [0.05, 0.1) is 25.5 Å². The van der Waals surface area contributed by atoms with Crippen molar-refractivity contribution in [1.29, 1.82) is 0 Å². The molecule has 0 radical (unpaired) electrons. The topological polar surface area (TPSA) is 83.1 Å². The summed E-state index contributed by atoms with van der Waals surface area (Å²) < 4.78 is 11.9. The highest BCUT2D eigenvalue weighted by molar-refractivity contribution is 5.93. The minimum absolute atomic E-state index is 0.0623. The molecule has 1 saturated heterocycles. The number of anilines is 3. The monoisotopic (exact) mass is 594 g/mol. The maximum absolute atomic E-state index is 12.1. The third-order valence-corrected chi connectivity index (χ3v) is 8.06. The maximum Gasteiger partial charge on any atom is 0.298 e. The lowest BCUT2D eigenvalue weighted by atomic mass is 10.0. The van der Waals surface area contributed by atoms with Crippen LogP contribution in [-0.2, 0) is 16.1 Å². The van der Waals surface area contributed by atoms with E-state index in [-0.39, 0.29) is 5.91 Å². The molecule has 230 valence electrons. The van der Waals surface area contributed by atoms with Crippen LogP contribution in [0.5, 0.6) is 5.75 Å². The van der Waals surface area contributed by atoms with Crippen molar-refractivity contribution >= 4 is 23.2 Å². The number of aromatic nitrogens is 2. The van der Waals surface area contributed by atoms with Gasteiger partial charge in [0.15, 0.2) is 0 Å². The van der Waals surface area contributed by atoms with Gasteiger partial charge in [-0.2, -0.15) is 0 Å². The normalized spacial score (nSPS) is 16.4. The molecule has 3 heterocycles. The van der Waals surface area contributed by atoms with Crippen molar-refractivity contribution in [2.45, 2.75) is 38.8 Å². The predicted octanol–water partition coefficient (Wildman–Crippen LogP) is 5.12. The molecule has 0 spiro atoms. The number of amides is 1. The number of nitrogens with zero attached hydrogens (tertiary/aromatic N) is 5. The highest BCUT2D eigenvalue weighted by Crippen LogP contribution is 2.27. The molecule has 0 unspecified atom stereocenters. The Balaban J connectivity index is 1.29. The minimum atomic E-state index is -0.0623. The Morgan fingerprint density at radius 1 is 1.09 bits per heavy atom. The van der Waals surface area contributed by atoms with E-state index in [0.717, 1.165) is 79.4 Å². The average molecular weight is 595 g/mol. The fourth-order valence-corrected chi connectivity index (χ4v) is 5.49. The van der Waals surface area contributed by atoms with Gasteiger partial charge in [-0.3, -0.25) is 4.79 Å². The molecule has 6 bridgehead atoms. The van der Waals surface area contributed by atoms with Crippen LogP contribution in [-0.4, -0.2) is 85.2 Å². The Morgan fingerprint density at radius 2 is 1.95 bits per heavy atom. The van der Waals surface area contributed by atoms with Crippen molar-refractivity contribution in [3.05, 3.63) is 72.4 Å². The standard InChI is InChI=1S/C35H42N6O3/c1-4-9-34(42)41-16-13-30(14-17-41)39(2)18-19-40(3)31-23-27-22-29(25-31)37-35-36-15-12-33(38-35)28-10-8-11-32(24-28)44-21-7-5-6-20-43-26-27/h5-6,8,10-12,15,22-25,30H,7,13-14,16-21,26H2,1-3H3,(H,36,37,38)/b6-5+. The fraction of sp³-hybridized carbons (Fsp3) is 0.400. The summed E-state index contributed by atoms with van der Waals surface area (Å²) in [5.41, 5.74) is 4.86. The summed E-state index contributed by atoms with van der Waals surface area (Å²) in [5, 5.41) is 3.43. The summed E-state index contributed by atoms with van der Waals surface area (Å²) in [6, 6.07) is 16.8. The van der Waals surface area contributed by atoms with E-state index in [2.05, 4.69) is 70.3 Å². The molecule has 1 aromatic heterocycles. The minimum Gasteiger partial charge on any atom is -0.493 e. The van der Waals surface area contributed by atoms with E-state index < -0.39 is 0 Å². The van der Waals surface area contributed by atoms with Gasteiger partial charge in [0, 0.05) is 62.4 Å². The quantitative estimate of drug-likeness (QED) is 0.322. The van der Waals surface area contributed by atoms with E-state index in [1.807, 2.05) is 41.3 Å². The van der Waals surface area contributed by atoms with Gasteiger partial charge in [-0.25, -0.2) is 9.97 Å². The Hall–Kier alpha value is -4.39. The summed E-state index contributed by atoms with van der Waals surface area (Å²) >= 11 is 0. The Labute approximate surface area is 260 Å². The van der Waals surface area contributed by atoms with Gasteiger partial charge < -0.3 is 29.5 Å². The van der Waals surface area contributed by atoms with E-state index in [9.17, 15) is 4.79 Å². The first-order valence-corrected chi connectivity index (χ1v) is 15.3. The number of likely N-dealkylation sites (tertiary alicyclic amines) is 1. The van der Waals surface area contributed by atoms with Crippen LogP contribution in [0.15, 0.2) is 66.9 Å². The molecule has 2 aromatic carbocycles. The molecule has 2 aliphatic heterocycles. The summed E-state index contributed by atoms with van der Waals surface area (Å²) in [7, 11) is 4.30. The van der Waals surface area contributed by atoms with Crippen LogP contribution in [0.2, 0.25) is 0 Å². The Morgan fingerprint density at radius 3 is 2.80 bits per heavy atom. The number of carbonyl (C=O) groups is 1. The molecule has 2 aliphatic rings. The molecule has 9 heteroatoms. The number of hydrogen-bond acceptors (Lipinski definition) is 8. The van der Waals surface area contributed by atoms with Crippen LogP contribution in [0.25, 0.3) is 11.3 Å². The number of fused-ring (bicyclic) bond motifs is 7. The van der Waals surface area contributed by atoms with Crippen LogP contribution < -0.4 is 15.0 Å². The molecular formula is C35H42N6O3. The van der Waals surface area contributed by atoms with Gasteiger partial charge in [0.2, 0.25) is 5.95 Å². The number of nitrogens with one attached hydrogen (secondary N) is 1. The number of piperidine rings is 1. The zero-order valence-electron chi connectivity index (χ0n) is 26.0. The molecule has 1 fully saturated rings. The SMILES string of the molecule is CC#CC(=O)N1CCC(N(C)CCN(C)c2cc3cc(c2)Nc2nccc(n2)-c2cccc(c2)OCC/C=C/COC3)CC1. The van der Waals surface area contributed by atoms with Crippen molar-refractivity contribution in [3.8, 4) is 28.8 Å². The molecule has 3 aromatic rings. The van der Waals surface area contributed by atoms with E-state index in [1.165, 1.54) is 0 Å². The fourth-order valence-electron chi connectivity index (χ4n) is 5.49. The van der Waals surface area contributed by atoms with Crippen LogP contribution in [0.3, 0.4) is 0 Å². The molecule has 0 saturated carbocycles. The van der Waals surface area contributed by atoms with Crippen molar-refractivity contribution in [1.82, 2.24) is 19.8 Å². The van der Waals surface area contributed by atoms with Gasteiger partial charge >= 0.3 is 0 Å². The number of hydrogen-bond donors (Lipinski definition) is 1. The van der Waals surface area contributed by atoms with Gasteiger partial charge in [0.1, 0.15) is 5.75 Å². The third kappa shape index (κ3) is 8.59. The number of carbonyl (C=O) groups excluding carboxylic acids is 1. The van der Waals surface area contributed by atoms with Gasteiger partial charge in [0.25, 0.3) is 5.91 Å². The molecule has 44 heavy (non-hydrogen) atoms. The first-order chi connectivity index (χ1) is 21.5. The largest absolute Gasteiger partial charge is 0.493 e. The van der Waals surface area contributed by atoms with Gasteiger partial charge in [-0.1, -0.05) is 30.2 Å². The number of rotatable bonds is 5. The third-order valence-electron chi connectivity index (χ3n) is 8.06. The van der Waals surface area contributed by atoms with E-state index in [0.29, 0.717) is 31.8 Å². The molecule has 5 rings (SSSR count). The van der Waals surface area contributed by atoms with Crippen molar-refractivity contribution < 1.29 is 14.3 Å². The molecular weight excluding hydrogens is 552 g/mol. The number of benzene rings is 2. The summed E-state index contributed by atoms with van der Waals surface area (Å²) in [6.45, 7) is 6.60. The average Bonchev–Trinajstić information content (AvgIpc) is 3.04. The zero-order chi connectivity index (χ0) is 30.7. The molecule has 0 atom stereocenters. The smallest absolute Gasteiger partial charge is 0.298 e. The highest BCUT2D eigenvalue weighted by atomic mass is 16.5. The number of ether oxygens (including phenoxy) is 2. The molecule has 9 nitrogen and oxygen atoms in total. The summed E-state index contributed by atoms with van der Waals surface area (Å²) in [4.78, 5) is 28.0. The number of likely N-dealkylation sites (N-methyl/N-ethyl adjacent to an activating group) is 2. The van der Waals surface area contributed by atoms with E-state index in [1.54, 1.807) is 13.1 Å². The zero-order valence-corrected chi connectivity index (χ0v) is 26.0. The second kappa shape index (κ2) is 15.4. The predicted molar refractivity (Wildman–Crippen MR) is 175 cm³/mol. The van der Waals surface area contributed by atoms with Gasteiger partial charge in [-0.05, 0) is 81.1 Å². The van der Waals surface area contributed by atoms with E-state index in [4.69, 9.17) is 14.5 Å². The first-order valence-electron chi connectivity index (χ1n) is 15.3. The molecule has 0 aliphatic carbocycles. The summed E-state index contributed by atoms with van der Waals surface area (Å²) in [6.07, 6.45) is 8.64. The van der Waals surface area contributed by atoms with Crippen LogP contribution in [0, 0.1) is 11.8 Å². The lowest BCUT2D eigenvalue weighted by molar-refractivity contribution is -0.126. The van der Waals surface area contributed by atoms with Gasteiger partial charge in [-0.15, -0.1) is 0 Å². The lowest BCUT2D eigenvalue weighted by Gasteiger charge is -2.36. The van der Waals surface area contributed by atoms with Crippen LogP contribution in [0.1, 0.15) is 31.7 Å². The second-order valence-corrected chi connectivity index (χ2v) is 11.2. The van der Waals surface area contributed by atoms with Crippen LogP contribution in [0.4, 0.5) is 17.3 Å². The second-order valence-electron chi connectivity index (χ2n) is 11.2. The van der Waals surface area contributed by atoms with Crippen molar-refractivity contribution in [2.75, 3.05) is 63.7 Å². The Kier molecular flexibility index (Phi) is 10.8. The lowest BCUT2D eigenvalue weighted by Crippen LogP contribution is -2.46. The Bertz CT molecular complexity index is 1510. The molecule has 1 amide bonds. The maximum atomic E-state index is 12.1. The van der Waals surface area contributed by atoms with E-state index >= 15 is 0 Å². The highest BCUT2D eigenvalue weighted by Gasteiger charge is 2.24.